The molecule has 6 heteroatoms. The van der Waals surface area contributed by atoms with E-state index in [1.54, 1.807) is 6.92 Å². The van der Waals surface area contributed by atoms with Gasteiger partial charge in [-0.15, -0.1) is 0 Å². The summed E-state index contributed by atoms with van der Waals surface area (Å²) in [5.41, 5.74) is 0. The largest absolute Gasteiger partial charge is 0.401 e. The summed E-state index contributed by atoms with van der Waals surface area (Å²) in [4.78, 5) is 1.38. The zero-order valence-corrected chi connectivity index (χ0v) is 10.1. The first-order chi connectivity index (χ1) is 7.44. The van der Waals surface area contributed by atoms with Gasteiger partial charge in [0.25, 0.3) is 0 Å². The molecule has 0 aromatic rings. The lowest BCUT2D eigenvalue weighted by atomic mass is 10.2. The van der Waals surface area contributed by atoms with Crippen LogP contribution in [0.25, 0.3) is 0 Å². The Kier molecular flexibility index (Phi) is 7.70. The van der Waals surface area contributed by atoms with Crippen LogP contribution < -0.4 is 5.32 Å². The smallest absolute Gasteiger partial charge is 0.383 e. The molecule has 0 bridgehead atoms. The van der Waals surface area contributed by atoms with Crippen molar-refractivity contribution in [2.75, 3.05) is 39.9 Å². The summed E-state index contributed by atoms with van der Waals surface area (Å²) in [5.74, 6) is 0. The lowest BCUT2D eigenvalue weighted by molar-refractivity contribution is -0.152. The molecule has 0 aromatic heterocycles. The van der Waals surface area contributed by atoms with E-state index in [1.165, 1.54) is 12.0 Å². The van der Waals surface area contributed by atoms with Crippen LogP contribution in [0.4, 0.5) is 13.2 Å². The monoisotopic (exact) mass is 242 g/mol. The van der Waals surface area contributed by atoms with E-state index >= 15 is 0 Å². The Bertz CT molecular complexity index is 176. The number of hydrogen-bond acceptors (Lipinski definition) is 3. The summed E-state index contributed by atoms with van der Waals surface area (Å²) in [6, 6.07) is -0.239. The average Bonchev–Trinajstić information content (AvgIpc) is 2.19. The number of nitrogens with zero attached hydrogens (tertiary/aromatic N) is 1. The van der Waals surface area contributed by atoms with Crippen LogP contribution in [0.1, 0.15) is 13.8 Å². The summed E-state index contributed by atoms with van der Waals surface area (Å²) >= 11 is 0. The molecule has 0 spiro atoms. The third-order valence-corrected chi connectivity index (χ3v) is 2.29. The van der Waals surface area contributed by atoms with E-state index in [4.69, 9.17) is 4.74 Å². The fraction of sp³-hybridized carbons (Fsp3) is 1.00. The van der Waals surface area contributed by atoms with Gasteiger partial charge < -0.3 is 10.1 Å². The van der Waals surface area contributed by atoms with Gasteiger partial charge in [-0.2, -0.15) is 13.2 Å². The van der Waals surface area contributed by atoms with Gasteiger partial charge in [0.15, 0.2) is 0 Å². The molecule has 0 fully saturated rings. The molecule has 3 nitrogen and oxygen atoms in total. The Morgan fingerprint density at radius 3 is 2.31 bits per heavy atom. The molecule has 0 aromatic carbocycles. The highest BCUT2D eigenvalue weighted by atomic mass is 19.4. The van der Waals surface area contributed by atoms with Crippen LogP contribution >= 0.6 is 0 Å². The van der Waals surface area contributed by atoms with Gasteiger partial charge in [0.2, 0.25) is 0 Å². The van der Waals surface area contributed by atoms with Crippen molar-refractivity contribution in [2.24, 2.45) is 0 Å². The second kappa shape index (κ2) is 7.86. The van der Waals surface area contributed by atoms with Crippen molar-refractivity contribution in [2.45, 2.75) is 26.1 Å². The van der Waals surface area contributed by atoms with Crippen LogP contribution in [0.15, 0.2) is 0 Å². The molecule has 0 heterocycles. The normalized spacial score (nSPS) is 14.4. The summed E-state index contributed by atoms with van der Waals surface area (Å²) in [6.07, 6.45) is -4.16. The molecular formula is C10H21F3N2O. The van der Waals surface area contributed by atoms with E-state index in [0.717, 1.165) is 6.54 Å². The predicted molar refractivity (Wildman–Crippen MR) is 57.5 cm³/mol. The molecule has 0 saturated heterocycles. The first-order valence-electron chi connectivity index (χ1n) is 5.45. The number of methoxy groups -OCH3 is 1. The topological polar surface area (TPSA) is 24.5 Å². The molecule has 0 rings (SSSR count). The van der Waals surface area contributed by atoms with Crippen molar-refractivity contribution in [3.05, 3.63) is 0 Å². The second-order valence-electron chi connectivity index (χ2n) is 3.60. The number of ether oxygens (including phenoxy) is 1. The first kappa shape index (κ1) is 15.7. The maximum atomic E-state index is 12.3. The highest BCUT2D eigenvalue weighted by Crippen LogP contribution is 2.17. The van der Waals surface area contributed by atoms with E-state index in [1.807, 2.05) is 6.92 Å². The molecule has 0 saturated carbocycles. The summed E-state index contributed by atoms with van der Waals surface area (Å²) in [5, 5.41) is 3.04. The van der Waals surface area contributed by atoms with Gasteiger partial charge in [-0.05, 0) is 13.1 Å². The van der Waals surface area contributed by atoms with Gasteiger partial charge in [0.1, 0.15) is 0 Å². The fourth-order valence-electron chi connectivity index (χ4n) is 1.53. The van der Waals surface area contributed by atoms with Gasteiger partial charge >= 0.3 is 6.18 Å². The molecule has 1 unspecified atom stereocenters. The number of rotatable bonds is 8. The molecule has 1 atom stereocenters. The van der Waals surface area contributed by atoms with Crippen LogP contribution in [-0.4, -0.2) is 57.0 Å². The maximum absolute atomic E-state index is 12.3. The number of alkyl halides is 3. The molecule has 0 radical (unpaired) electrons. The Morgan fingerprint density at radius 1 is 1.31 bits per heavy atom. The minimum Gasteiger partial charge on any atom is -0.383 e. The minimum absolute atomic E-state index is 0.239. The van der Waals surface area contributed by atoms with Crippen molar-refractivity contribution in [3.63, 3.8) is 0 Å². The molecular weight excluding hydrogens is 221 g/mol. The third-order valence-electron chi connectivity index (χ3n) is 2.29. The number of halogens is 3. The highest BCUT2D eigenvalue weighted by molar-refractivity contribution is 4.75. The van der Waals surface area contributed by atoms with E-state index < -0.39 is 12.7 Å². The second-order valence-corrected chi connectivity index (χ2v) is 3.60. The predicted octanol–water partition coefficient (Wildman–Crippen LogP) is 1.50. The summed E-state index contributed by atoms with van der Waals surface area (Å²) in [7, 11) is 1.50. The minimum atomic E-state index is -4.16. The average molecular weight is 242 g/mol. The maximum Gasteiger partial charge on any atom is 0.401 e. The molecule has 0 amide bonds. The van der Waals surface area contributed by atoms with Gasteiger partial charge in [-0.1, -0.05) is 13.8 Å². The number of likely N-dealkylation sites (N-methyl/N-ethyl adjacent to an activating group) is 2. The lowest BCUT2D eigenvalue weighted by Gasteiger charge is -2.31. The molecule has 0 aliphatic carbocycles. The van der Waals surface area contributed by atoms with Crippen molar-refractivity contribution in [3.8, 4) is 0 Å². The van der Waals surface area contributed by atoms with Crippen molar-refractivity contribution >= 4 is 0 Å². The number of nitrogens with one attached hydrogen (secondary N) is 1. The van der Waals surface area contributed by atoms with Gasteiger partial charge in [0.05, 0.1) is 13.2 Å². The van der Waals surface area contributed by atoms with E-state index in [2.05, 4.69) is 5.32 Å². The quantitative estimate of drug-likeness (QED) is 0.698. The first-order valence-corrected chi connectivity index (χ1v) is 5.45. The summed E-state index contributed by atoms with van der Waals surface area (Å²) in [6.45, 7) is 4.67. The standard InChI is InChI=1S/C10H21F3N2O/c1-4-14-6-9(7-16-3)15(5-2)8-10(11,12)13/h9,14H,4-8H2,1-3H3. The van der Waals surface area contributed by atoms with Crippen LogP contribution in [-0.2, 0) is 4.74 Å². The van der Waals surface area contributed by atoms with Crippen LogP contribution in [0.3, 0.4) is 0 Å². The van der Waals surface area contributed by atoms with E-state index in [0.29, 0.717) is 19.7 Å². The molecule has 16 heavy (non-hydrogen) atoms. The SMILES string of the molecule is CCNCC(COC)N(CC)CC(F)(F)F. The van der Waals surface area contributed by atoms with Gasteiger partial charge in [-0.25, -0.2) is 0 Å². The van der Waals surface area contributed by atoms with E-state index in [9.17, 15) is 13.2 Å². The van der Waals surface area contributed by atoms with Crippen molar-refractivity contribution in [1.82, 2.24) is 10.2 Å². The van der Waals surface area contributed by atoms with Crippen molar-refractivity contribution in [1.29, 1.82) is 0 Å². The number of hydrogen-bond donors (Lipinski definition) is 1. The lowest BCUT2D eigenvalue weighted by Crippen LogP contribution is -2.48. The summed E-state index contributed by atoms with van der Waals surface area (Å²) < 4.78 is 41.9. The van der Waals surface area contributed by atoms with Crippen LogP contribution in [0, 0.1) is 0 Å². The van der Waals surface area contributed by atoms with Crippen molar-refractivity contribution < 1.29 is 17.9 Å². The molecule has 0 aliphatic rings. The zero-order valence-electron chi connectivity index (χ0n) is 10.1. The molecule has 0 aliphatic heterocycles. The van der Waals surface area contributed by atoms with E-state index in [-0.39, 0.29) is 6.04 Å². The van der Waals surface area contributed by atoms with Crippen LogP contribution in [0.2, 0.25) is 0 Å². The van der Waals surface area contributed by atoms with Crippen LogP contribution in [0.5, 0.6) is 0 Å². The molecule has 1 N–H and O–H groups in total. The van der Waals surface area contributed by atoms with Gasteiger partial charge in [-0.3, -0.25) is 4.90 Å². The Balaban J connectivity index is 4.32. The Labute approximate surface area is 94.9 Å². The zero-order chi connectivity index (χ0) is 12.6. The van der Waals surface area contributed by atoms with Gasteiger partial charge in [0, 0.05) is 19.7 Å². The Morgan fingerprint density at radius 2 is 1.94 bits per heavy atom. The Hall–Kier alpha value is -0.330. The third kappa shape index (κ3) is 7.03. The molecule has 98 valence electrons. The highest BCUT2D eigenvalue weighted by Gasteiger charge is 2.32. The fourth-order valence-corrected chi connectivity index (χ4v) is 1.53.